The van der Waals surface area contributed by atoms with Crippen LogP contribution in [0.5, 0.6) is 5.75 Å². The number of amides is 2. The minimum atomic E-state index is -4.76. The number of nitrogens with one attached hydrogen (secondary N) is 1. The second kappa shape index (κ2) is 9.95. The number of para-hydroxylation sites is 1. The number of alkyl halides is 3. The molecule has 4 heterocycles. The lowest BCUT2D eigenvalue weighted by molar-refractivity contribution is -0.140. The van der Waals surface area contributed by atoms with E-state index in [2.05, 4.69) is 10.3 Å². The molecule has 3 N–H and O–H groups in total. The molecular formula is C27H20F3N3O5S. The lowest BCUT2D eigenvalue weighted by Crippen LogP contribution is -2.16. The summed E-state index contributed by atoms with van der Waals surface area (Å²) < 4.78 is 57.6. The topological polar surface area (TPSA) is 121 Å². The van der Waals surface area contributed by atoms with Gasteiger partial charge in [0.05, 0.1) is 12.0 Å². The fourth-order valence-electron chi connectivity index (χ4n) is 4.09. The first-order valence-electron chi connectivity index (χ1n) is 11.5. The van der Waals surface area contributed by atoms with Crippen molar-refractivity contribution in [3.63, 3.8) is 0 Å². The minimum absolute atomic E-state index is 0.0153. The molecule has 8 nitrogen and oxygen atoms in total. The number of furan rings is 2. The number of hydrogen-bond donors (Lipinski definition) is 2. The number of primary amides is 1. The summed E-state index contributed by atoms with van der Waals surface area (Å²) in [6.07, 6.45) is -3.47. The van der Waals surface area contributed by atoms with E-state index in [1.807, 2.05) is 32.0 Å². The third kappa shape index (κ3) is 5.10. The number of thiophene rings is 1. The third-order valence-corrected chi connectivity index (χ3v) is 6.95. The summed E-state index contributed by atoms with van der Waals surface area (Å²) in [5.74, 6) is -0.659. The highest BCUT2D eigenvalue weighted by Gasteiger charge is 2.35. The normalized spacial score (nSPS) is 11.6. The summed E-state index contributed by atoms with van der Waals surface area (Å²) in [5, 5.41) is 2.65. The molecule has 0 bridgehead atoms. The number of pyridine rings is 1. The standard InChI is InChI=1S/C27H20F3N3O5S/c1-13-5-3-6-14(2)22(13)37-12-15-8-9-18(38-15)25(35)33-21-20-16(17-7-4-10-36-17)11-19(27(28,29)30)32-26(20)39-23(21)24(31)34/h3-11H,12H2,1-2H3,(H2,31,34)(H,33,35). The molecule has 5 aromatic rings. The molecule has 0 aliphatic carbocycles. The van der Waals surface area contributed by atoms with Gasteiger partial charge in [-0.1, -0.05) is 18.2 Å². The summed E-state index contributed by atoms with van der Waals surface area (Å²) >= 11 is 0.632. The zero-order valence-corrected chi connectivity index (χ0v) is 21.3. The van der Waals surface area contributed by atoms with Crippen LogP contribution >= 0.6 is 11.3 Å². The summed E-state index contributed by atoms with van der Waals surface area (Å²) in [6, 6.07) is 12.5. The number of rotatable bonds is 7. The SMILES string of the molecule is Cc1cccc(C)c1OCc1ccc(C(=O)Nc2c(C(N)=O)sc3nc(C(F)(F)F)cc(-c4ccco4)c23)o1. The number of hydrogen-bond acceptors (Lipinski definition) is 7. The lowest BCUT2D eigenvalue weighted by Gasteiger charge is -2.11. The third-order valence-electron chi connectivity index (χ3n) is 5.85. The molecule has 0 aliphatic rings. The van der Waals surface area contributed by atoms with Gasteiger partial charge in [-0.2, -0.15) is 13.2 Å². The van der Waals surface area contributed by atoms with Crippen LogP contribution in [0.15, 0.2) is 63.6 Å². The van der Waals surface area contributed by atoms with Gasteiger partial charge in [0.25, 0.3) is 11.8 Å². The van der Waals surface area contributed by atoms with Crippen LogP contribution in [0, 0.1) is 13.8 Å². The van der Waals surface area contributed by atoms with E-state index in [9.17, 15) is 22.8 Å². The predicted molar refractivity (Wildman–Crippen MR) is 138 cm³/mol. The van der Waals surface area contributed by atoms with Crippen LogP contribution in [-0.2, 0) is 12.8 Å². The number of nitrogens with zero attached hydrogens (tertiary/aromatic N) is 1. The number of anilines is 1. The van der Waals surface area contributed by atoms with Gasteiger partial charge in [-0.05, 0) is 55.3 Å². The first kappa shape index (κ1) is 26.0. The maximum Gasteiger partial charge on any atom is 0.433 e. The molecule has 1 aromatic carbocycles. The van der Waals surface area contributed by atoms with E-state index in [1.165, 1.54) is 24.5 Å². The Morgan fingerprint density at radius 1 is 1.10 bits per heavy atom. The molecule has 0 spiro atoms. The van der Waals surface area contributed by atoms with Gasteiger partial charge >= 0.3 is 6.18 Å². The average Bonchev–Trinajstić information content (AvgIpc) is 3.63. The smallest absolute Gasteiger partial charge is 0.433 e. The molecule has 2 amide bonds. The van der Waals surface area contributed by atoms with E-state index in [0.29, 0.717) is 22.8 Å². The second-order valence-corrected chi connectivity index (χ2v) is 9.61. The molecule has 0 unspecified atom stereocenters. The molecule has 5 rings (SSSR count). The van der Waals surface area contributed by atoms with E-state index >= 15 is 0 Å². The van der Waals surface area contributed by atoms with Gasteiger partial charge < -0.3 is 24.6 Å². The molecule has 200 valence electrons. The van der Waals surface area contributed by atoms with Crippen molar-refractivity contribution in [2.24, 2.45) is 5.73 Å². The number of nitrogens with two attached hydrogens (primary N) is 1. The summed E-state index contributed by atoms with van der Waals surface area (Å²) in [4.78, 5) is 28.7. The number of carbonyl (C=O) groups excluding carboxylic acids is 2. The van der Waals surface area contributed by atoms with Crippen LogP contribution in [0.25, 0.3) is 21.5 Å². The number of aryl methyl sites for hydroxylation is 2. The van der Waals surface area contributed by atoms with Crippen molar-refractivity contribution in [3.8, 4) is 17.1 Å². The molecule has 0 saturated heterocycles. The van der Waals surface area contributed by atoms with E-state index in [0.717, 1.165) is 17.2 Å². The van der Waals surface area contributed by atoms with E-state index in [4.69, 9.17) is 19.3 Å². The van der Waals surface area contributed by atoms with Gasteiger partial charge in [0.1, 0.15) is 39.3 Å². The Kier molecular flexibility index (Phi) is 6.64. The van der Waals surface area contributed by atoms with Crippen molar-refractivity contribution in [3.05, 3.63) is 88.0 Å². The lowest BCUT2D eigenvalue weighted by atomic mass is 10.1. The van der Waals surface area contributed by atoms with Crippen LogP contribution in [0.3, 0.4) is 0 Å². The molecular weight excluding hydrogens is 535 g/mol. The highest BCUT2D eigenvalue weighted by Crippen LogP contribution is 2.44. The van der Waals surface area contributed by atoms with Crippen molar-refractivity contribution >= 4 is 39.1 Å². The molecule has 0 aliphatic heterocycles. The van der Waals surface area contributed by atoms with Crippen molar-refractivity contribution in [2.75, 3.05) is 5.32 Å². The molecule has 12 heteroatoms. The maximum absolute atomic E-state index is 13.6. The van der Waals surface area contributed by atoms with Gasteiger partial charge in [0.2, 0.25) is 0 Å². The van der Waals surface area contributed by atoms with Gasteiger partial charge in [0, 0.05) is 10.9 Å². The molecule has 0 saturated carbocycles. The molecule has 39 heavy (non-hydrogen) atoms. The van der Waals surface area contributed by atoms with Gasteiger partial charge in [-0.3, -0.25) is 9.59 Å². The zero-order chi connectivity index (χ0) is 27.9. The molecule has 4 aromatic heterocycles. The Hall–Kier alpha value is -4.58. The Morgan fingerprint density at radius 2 is 1.85 bits per heavy atom. The Labute approximate surface area is 223 Å². The van der Waals surface area contributed by atoms with Crippen LogP contribution in [0.4, 0.5) is 18.9 Å². The number of aromatic nitrogens is 1. The fraction of sp³-hybridized carbons (Fsp3) is 0.148. The molecule has 0 atom stereocenters. The van der Waals surface area contributed by atoms with E-state index < -0.39 is 23.7 Å². The quantitative estimate of drug-likeness (QED) is 0.230. The van der Waals surface area contributed by atoms with Crippen LogP contribution in [0.1, 0.15) is 42.8 Å². The fourth-order valence-corrected chi connectivity index (χ4v) is 5.09. The van der Waals surface area contributed by atoms with E-state index in [-0.39, 0.29) is 44.5 Å². The Balaban J connectivity index is 1.49. The summed E-state index contributed by atoms with van der Waals surface area (Å²) in [5.41, 5.74) is 6.11. The number of benzene rings is 1. The highest BCUT2D eigenvalue weighted by molar-refractivity contribution is 7.21. The summed E-state index contributed by atoms with van der Waals surface area (Å²) in [6.45, 7) is 3.88. The van der Waals surface area contributed by atoms with Crippen molar-refractivity contribution < 1.29 is 36.3 Å². The highest BCUT2D eigenvalue weighted by atomic mass is 32.1. The Morgan fingerprint density at radius 3 is 2.49 bits per heavy atom. The number of halogens is 3. The van der Waals surface area contributed by atoms with Gasteiger partial charge in [0.15, 0.2) is 5.76 Å². The van der Waals surface area contributed by atoms with Crippen LogP contribution < -0.4 is 15.8 Å². The second-order valence-electron chi connectivity index (χ2n) is 8.61. The van der Waals surface area contributed by atoms with Gasteiger partial charge in [-0.25, -0.2) is 4.98 Å². The number of ether oxygens (including phenoxy) is 1. The maximum atomic E-state index is 13.6. The first-order valence-corrected chi connectivity index (χ1v) is 12.3. The Bertz CT molecular complexity index is 1680. The zero-order valence-electron chi connectivity index (χ0n) is 20.5. The minimum Gasteiger partial charge on any atom is -0.485 e. The monoisotopic (exact) mass is 555 g/mol. The molecule has 0 radical (unpaired) electrons. The van der Waals surface area contributed by atoms with Crippen molar-refractivity contribution in [1.29, 1.82) is 0 Å². The van der Waals surface area contributed by atoms with Crippen molar-refractivity contribution in [1.82, 2.24) is 4.98 Å². The van der Waals surface area contributed by atoms with Crippen molar-refractivity contribution in [2.45, 2.75) is 26.6 Å². The predicted octanol–water partition coefficient (Wildman–Crippen LogP) is 6.72. The van der Waals surface area contributed by atoms with Crippen LogP contribution in [-0.4, -0.2) is 16.8 Å². The van der Waals surface area contributed by atoms with Crippen LogP contribution in [0.2, 0.25) is 0 Å². The average molecular weight is 556 g/mol. The largest absolute Gasteiger partial charge is 0.485 e. The van der Waals surface area contributed by atoms with E-state index in [1.54, 1.807) is 6.07 Å². The number of carbonyl (C=O) groups is 2. The number of fused-ring (bicyclic) bond motifs is 1. The van der Waals surface area contributed by atoms with Gasteiger partial charge in [-0.15, -0.1) is 11.3 Å². The summed E-state index contributed by atoms with van der Waals surface area (Å²) in [7, 11) is 0. The molecule has 0 fully saturated rings. The first-order chi connectivity index (χ1) is 18.5.